The van der Waals surface area contributed by atoms with Gasteiger partial charge in [-0.2, -0.15) is 0 Å². The first-order valence-electron chi connectivity index (χ1n) is 7.48. The largest absolute Gasteiger partial charge is 0.480 e. The molecular formula is C14H21N3O5. The highest BCUT2D eigenvalue weighted by Gasteiger charge is 2.37. The van der Waals surface area contributed by atoms with Gasteiger partial charge in [0.25, 0.3) is 5.91 Å². The van der Waals surface area contributed by atoms with Gasteiger partial charge in [0.1, 0.15) is 6.04 Å². The number of hydrogen-bond donors (Lipinski definition) is 4. The number of nitrogens with one attached hydrogen (secondary N) is 2. The predicted octanol–water partition coefficient (Wildman–Crippen LogP) is -1.22. The molecule has 0 bridgehead atoms. The van der Waals surface area contributed by atoms with Crippen LogP contribution in [0.4, 0.5) is 0 Å². The second-order valence-electron chi connectivity index (χ2n) is 6.05. The Balaban J connectivity index is 1.71. The maximum atomic E-state index is 11.7. The van der Waals surface area contributed by atoms with Gasteiger partial charge in [-0.1, -0.05) is 12.8 Å². The van der Waals surface area contributed by atoms with E-state index in [1.54, 1.807) is 0 Å². The van der Waals surface area contributed by atoms with Crippen LogP contribution >= 0.6 is 0 Å². The molecule has 2 fully saturated rings. The summed E-state index contributed by atoms with van der Waals surface area (Å²) in [5, 5.41) is 13.5. The molecule has 0 radical (unpaired) electrons. The van der Waals surface area contributed by atoms with Gasteiger partial charge in [-0.3, -0.25) is 14.4 Å². The molecule has 8 nitrogen and oxygen atoms in total. The van der Waals surface area contributed by atoms with Crippen LogP contribution in [0.1, 0.15) is 32.1 Å². The van der Waals surface area contributed by atoms with E-state index in [1.165, 1.54) is 0 Å². The molecule has 2 aliphatic rings. The van der Waals surface area contributed by atoms with Crippen LogP contribution in [0.5, 0.6) is 0 Å². The van der Waals surface area contributed by atoms with Crippen LogP contribution in [0, 0.1) is 11.8 Å². The summed E-state index contributed by atoms with van der Waals surface area (Å²) in [7, 11) is 0. The molecule has 2 amide bonds. The zero-order chi connectivity index (χ0) is 16.3. The first-order chi connectivity index (χ1) is 10.4. The zero-order valence-corrected chi connectivity index (χ0v) is 12.2. The standard InChI is InChI=1S/C14H21N3O5/c15-9(5-7-1-2-7)12(19)13(20)16-6-10(18)17-11(14(21)22)8-3-4-8/h7-9,11H,1-6,15H2,(H,16,20)(H,17,18)(H,21,22)/t9?,11-/m0/s1. The second kappa shape index (κ2) is 6.87. The van der Waals surface area contributed by atoms with Gasteiger partial charge in [0.2, 0.25) is 11.7 Å². The fourth-order valence-electron chi connectivity index (χ4n) is 2.27. The molecule has 0 aromatic carbocycles. The molecule has 22 heavy (non-hydrogen) atoms. The van der Waals surface area contributed by atoms with Crippen LogP contribution in [-0.2, 0) is 19.2 Å². The van der Waals surface area contributed by atoms with E-state index in [0.717, 1.165) is 25.7 Å². The lowest BCUT2D eigenvalue weighted by molar-refractivity contribution is -0.142. The van der Waals surface area contributed by atoms with Gasteiger partial charge in [0, 0.05) is 0 Å². The average molecular weight is 311 g/mol. The van der Waals surface area contributed by atoms with Crippen molar-refractivity contribution in [1.82, 2.24) is 10.6 Å². The Morgan fingerprint density at radius 1 is 1.14 bits per heavy atom. The minimum absolute atomic E-state index is 0.0502. The highest BCUT2D eigenvalue weighted by atomic mass is 16.4. The van der Waals surface area contributed by atoms with Gasteiger partial charge in [-0.25, -0.2) is 4.79 Å². The van der Waals surface area contributed by atoms with E-state index in [2.05, 4.69) is 10.6 Å². The Morgan fingerprint density at radius 3 is 2.27 bits per heavy atom. The summed E-state index contributed by atoms with van der Waals surface area (Å²) < 4.78 is 0. The van der Waals surface area contributed by atoms with Gasteiger partial charge >= 0.3 is 5.97 Å². The number of carbonyl (C=O) groups is 4. The number of aliphatic carboxylic acids is 1. The zero-order valence-electron chi connectivity index (χ0n) is 12.2. The van der Waals surface area contributed by atoms with Crippen LogP contribution in [0.25, 0.3) is 0 Å². The Hall–Kier alpha value is -1.96. The van der Waals surface area contributed by atoms with Crippen molar-refractivity contribution in [1.29, 1.82) is 0 Å². The van der Waals surface area contributed by atoms with Crippen molar-refractivity contribution in [3.63, 3.8) is 0 Å². The molecule has 2 rings (SSSR count). The molecule has 0 heterocycles. The lowest BCUT2D eigenvalue weighted by Crippen LogP contribution is -2.49. The lowest BCUT2D eigenvalue weighted by atomic mass is 10.1. The summed E-state index contributed by atoms with van der Waals surface area (Å²) in [6, 6.07) is -1.77. The number of carboxylic acid groups (broad SMARTS) is 1. The van der Waals surface area contributed by atoms with Crippen molar-refractivity contribution in [2.45, 2.75) is 44.2 Å². The topological polar surface area (TPSA) is 139 Å². The summed E-state index contributed by atoms with van der Waals surface area (Å²) in [5.74, 6) is -2.99. The maximum Gasteiger partial charge on any atom is 0.326 e. The summed E-state index contributed by atoms with van der Waals surface area (Å²) in [6.45, 7) is -0.433. The fraction of sp³-hybridized carbons (Fsp3) is 0.714. The highest BCUT2D eigenvalue weighted by molar-refractivity contribution is 6.38. The number of ketones is 1. The number of Topliss-reactive ketones (excluding diaryl/α,β-unsaturated/α-hetero) is 1. The molecule has 0 aliphatic heterocycles. The van der Waals surface area contributed by atoms with Gasteiger partial charge in [-0.05, 0) is 31.1 Å². The Bertz CT molecular complexity index is 485. The quantitative estimate of drug-likeness (QED) is 0.394. The van der Waals surface area contributed by atoms with Crippen molar-refractivity contribution in [3.05, 3.63) is 0 Å². The SMILES string of the molecule is NC(CC1CC1)C(=O)C(=O)NCC(=O)N[C@H](C(=O)O)C1CC1. The van der Waals surface area contributed by atoms with Crippen LogP contribution in [0.2, 0.25) is 0 Å². The molecule has 2 aliphatic carbocycles. The van der Waals surface area contributed by atoms with Crippen LogP contribution < -0.4 is 16.4 Å². The van der Waals surface area contributed by atoms with E-state index in [4.69, 9.17) is 10.8 Å². The molecule has 2 saturated carbocycles. The van der Waals surface area contributed by atoms with Crippen molar-refractivity contribution in [3.8, 4) is 0 Å². The van der Waals surface area contributed by atoms with Gasteiger partial charge < -0.3 is 21.5 Å². The molecule has 122 valence electrons. The summed E-state index contributed by atoms with van der Waals surface area (Å²) in [5.41, 5.74) is 5.65. The first-order valence-corrected chi connectivity index (χ1v) is 7.48. The number of carbonyl (C=O) groups excluding carboxylic acids is 3. The molecule has 0 aromatic rings. The molecule has 1 unspecified atom stereocenters. The minimum atomic E-state index is -1.09. The van der Waals surface area contributed by atoms with E-state index in [1.807, 2.05) is 0 Å². The van der Waals surface area contributed by atoms with Crippen LogP contribution in [0.3, 0.4) is 0 Å². The Labute approximate surface area is 127 Å². The summed E-state index contributed by atoms with van der Waals surface area (Å²) in [4.78, 5) is 46.0. The van der Waals surface area contributed by atoms with E-state index < -0.39 is 42.2 Å². The molecule has 2 atom stereocenters. The number of rotatable bonds is 9. The summed E-state index contributed by atoms with van der Waals surface area (Å²) >= 11 is 0. The van der Waals surface area contributed by atoms with E-state index >= 15 is 0 Å². The minimum Gasteiger partial charge on any atom is -0.480 e. The predicted molar refractivity (Wildman–Crippen MR) is 75.6 cm³/mol. The van der Waals surface area contributed by atoms with Crippen molar-refractivity contribution < 1.29 is 24.3 Å². The van der Waals surface area contributed by atoms with Crippen molar-refractivity contribution in [2.75, 3.05) is 6.54 Å². The summed E-state index contributed by atoms with van der Waals surface area (Å²) in [6.07, 6.45) is 4.07. The molecule has 5 N–H and O–H groups in total. The Kier molecular flexibility index (Phi) is 5.12. The van der Waals surface area contributed by atoms with Crippen molar-refractivity contribution >= 4 is 23.6 Å². The molecule has 8 heteroatoms. The van der Waals surface area contributed by atoms with E-state index in [9.17, 15) is 19.2 Å². The van der Waals surface area contributed by atoms with Crippen LogP contribution in [-0.4, -0.2) is 47.3 Å². The van der Waals surface area contributed by atoms with Crippen molar-refractivity contribution in [2.24, 2.45) is 17.6 Å². The van der Waals surface area contributed by atoms with E-state index in [0.29, 0.717) is 12.3 Å². The van der Waals surface area contributed by atoms with E-state index in [-0.39, 0.29) is 5.92 Å². The highest BCUT2D eigenvalue weighted by Crippen LogP contribution is 2.33. The first kappa shape index (κ1) is 16.4. The Morgan fingerprint density at radius 2 is 1.77 bits per heavy atom. The average Bonchev–Trinajstić information content (AvgIpc) is 3.33. The fourth-order valence-corrected chi connectivity index (χ4v) is 2.27. The third-order valence-corrected chi connectivity index (χ3v) is 3.93. The lowest BCUT2D eigenvalue weighted by Gasteiger charge is -2.14. The third kappa shape index (κ3) is 4.80. The number of hydrogen-bond acceptors (Lipinski definition) is 5. The second-order valence-corrected chi connectivity index (χ2v) is 6.05. The number of amides is 2. The molecule has 0 saturated heterocycles. The number of nitrogens with two attached hydrogens (primary N) is 1. The molecule has 0 aromatic heterocycles. The van der Waals surface area contributed by atoms with Gasteiger partial charge in [0.05, 0.1) is 12.6 Å². The third-order valence-electron chi connectivity index (χ3n) is 3.93. The monoisotopic (exact) mass is 311 g/mol. The maximum absolute atomic E-state index is 11.7. The van der Waals surface area contributed by atoms with Gasteiger partial charge in [0.15, 0.2) is 0 Å². The smallest absolute Gasteiger partial charge is 0.326 e. The number of carboxylic acids is 1. The normalized spacial score (nSPS) is 19.9. The molecule has 0 spiro atoms. The molecular weight excluding hydrogens is 290 g/mol. The van der Waals surface area contributed by atoms with Crippen LogP contribution in [0.15, 0.2) is 0 Å². The van der Waals surface area contributed by atoms with Gasteiger partial charge in [-0.15, -0.1) is 0 Å².